The summed E-state index contributed by atoms with van der Waals surface area (Å²) in [6.07, 6.45) is 0. The molecule has 0 amide bonds. The molecule has 2 rings (SSSR count). The minimum Gasteiger partial charge on any atom is -0.390 e. The van der Waals surface area contributed by atoms with E-state index in [0.29, 0.717) is 26.5 Å². The van der Waals surface area contributed by atoms with Gasteiger partial charge in [-0.05, 0) is 24.3 Å². The fourth-order valence-electron chi connectivity index (χ4n) is 1.42. The summed E-state index contributed by atoms with van der Waals surface area (Å²) in [4.78, 5) is 4.25. The van der Waals surface area contributed by atoms with E-state index in [4.69, 9.17) is 39.9 Å². The first-order valence-corrected chi connectivity index (χ1v) is 5.97. The number of aliphatic hydroxyl groups is 1. The Morgan fingerprint density at radius 3 is 2.29 bits per heavy atom. The smallest absolute Gasteiger partial charge is 0.0893 e. The molecule has 0 saturated heterocycles. The molecule has 0 radical (unpaired) electrons. The Balaban J connectivity index is 2.55. The van der Waals surface area contributed by atoms with Crippen molar-refractivity contribution in [3.05, 3.63) is 51.1 Å². The molecule has 0 aliphatic heterocycles. The molecule has 17 heavy (non-hydrogen) atoms. The molecule has 1 aromatic carbocycles. The van der Waals surface area contributed by atoms with Crippen LogP contribution in [0, 0.1) is 0 Å². The van der Waals surface area contributed by atoms with Gasteiger partial charge in [0.1, 0.15) is 0 Å². The molecule has 0 fully saturated rings. The van der Waals surface area contributed by atoms with E-state index in [1.165, 1.54) is 0 Å². The number of hydrogen-bond acceptors (Lipinski definition) is 2. The zero-order chi connectivity index (χ0) is 12.4. The van der Waals surface area contributed by atoms with Crippen molar-refractivity contribution >= 4 is 34.8 Å². The summed E-state index contributed by atoms with van der Waals surface area (Å²) >= 11 is 17.8. The zero-order valence-electron chi connectivity index (χ0n) is 8.62. The van der Waals surface area contributed by atoms with Crippen molar-refractivity contribution in [3.8, 4) is 11.3 Å². The van der Waals surface area contributed by atoms with Crippen molar-refractivity contribution < 1.29 is 5.11 Å². The summed E-state index contributed by atoms with van der Waals surface area (Å²) in [5.41, 5.74) is 1.90. The van der Waals surface area contributed by atoms with Crippen molar-refractivity contribution in [2.75, 3.05) is 0 Å². The highest BCUT2D eigenvalue weighted by Crippen LogP contribution is 2.31. The van der Waals surface area contributed by atoms with Crippen molar-refractivity contribution in [1.82, 2.24) is 4.98 Å². The van der Waals surface area contributed by atoms with Crippen LogP contribution in [0.2, 0.25) is 15.1 Å². The van der Waals surface area contributed by atoms with Crippen LogP contribution in [0.3, 0.4) is 0 Å². The van der Waals surface area contributed by atoms with E-state index in [9.17, 15) is 0 Å². The molecular weight excluding hydrogens is 280 g/mol. The first-order valence-electron chi connectivity index (χ1n) is 4.83. The minimum absolute atomic E-state index is 0.133. The number of nitrogens with zero attached hydrogens (tertiary/aromatic N) is 1. The van der Waals surface area contributed by atoms with Crippen LogP contribution in [0.4, 0.5) is 0 Å². The SMILES string of the molecule is OCc1ccc(Cl)c(-c2ccc(Cl)c(Cl)c2)n1. The Kier molecular flexibility index (Phi) is 3.89. The summed E-state index contributed by atoms with van der Waals surface area (Å²) < 4.78 is 0. The number of hydrogen-bond donors (Lipinski definition) is 1. The number of benzene rings is 1. The Morgan fingerprint density at radius 1 is 0.941 bits per heavy atom. The van der Waals surface area contributed by atoms with Crippen LogP contribution in [0.15, 0.2) is 30.3 Å². The van der Waals surface area contributed by atoms with Gasteiger partial charge in [-0.25, -0.2) is 4.98 Å². The van der Waals surface area contributed by atoms with E-state index < -0.39 is 0 Å². The highest BCUT2D eigenvalue weighted by Gasteiger charge is 2.08. The van der Waals surface area contributed by atoms with Gasteiger partial charge in [0.2, 0.25) is 0 Å². The van der Waals surface area contributed by atoms with Gasteiger partial charge in [0, 0.05) is 5.56 Å². The van der Waals surface area contributed by atoms with Crippen molar-refractivity contribution in [2.24, 2.45) is 0 Å². The Hall–Kier alpha value is -0.800. The summed E-state index contributed by atoms with van der Waals surface area (Å²) in [6, 6.07) is 8.52. The second-order valence-corrected chi connectivity index (χ2v) is 4.64. The molecule has 1 heterocycles. The number of rotatable bonds is 2. The van der Waals surface area contributed by atoms with Crippen LogP contribution in [0.1, 0.15) is 5.69 Å². The van der Waals surface area contributed by atoms with Crippen LogP contribution in [0.5, 0.6) is 0 Å². The predicted molar refractivity (Wildman–Crippen MR) is 70.6 cm³/mol. The maximum absolute atomic E-state index is 9.05. The molecule has 0 spiro atoms. The molecule has 1 aromatic heterocycles. The second kappa shape index (κ2) is 5.23. The molecule has 5 heteroatoms. The van der Waals surface area contributed by atoms with Crippen LogP contribution in [-0.2, 0) is 6.61 Å². The van der Waals surface area contributed by atoms with Gasteiger partial charge in [-0.1, -0.05) is 40.9 Å². The van der Waals surface area contributed by atoms with Gasteiger partial charge in [-0.15, -0.1) is 0 Å². The lowest BCUT2D eigenvalue weighted by molar-refractivity contribution is 0.277. The molecule has 0 aliphatic carbocycles. The summed E-state index contributed by atoms with van der Waals surface area (Å²) in [6.45, 7) is -0.133. The molecule has 0 aliphatic rings. The average Bonchev–Trinajstić information content (AvgIpc) is 2.33. The van der Waals surface area contributed by atoms with Crippen molar-refractivity contribution in [1.29, 1.82) is 0 Å². The maximum Gasteiger partial charge on any atom is 0.0893 e. The predicted octanol–water partition coefficient (Wildman–Crippen LogP) is 4.20. The number of aliphatic hydroxyl groups excluding tert-OH is 1. The van der Waals surface area contributed by atoms with Gasteiger partial charge >= 0.3 is 0 Å². The van der Waals surface area contributed by atoms with Gasteiger partial charge in [-0.3, -0.25) is 0 Å². The Bertz CT molecular complexity index is 557. The molecule has 2 nitrogen and oxygen atoms in total. The zero-order valence-corrected chi connectivity index (χ0v) is 10.9. The fourth-order valence-corrected chi connectivity index (χ4v) is 1.93. The fraction of sp³-hybridized carbons (Fsp3) is 0.0833. The molecule has 0 atom stereocenters. The quantitative estimate of drug-likeness (QED) is 0.898. The van der Waals surface area contributed by atoms with E-state index in [-0.39, 0.29) is 6.61 Å². The van der Waals surface area contributed by atoms with Crippen molar-refractivity contribution in [2.45, 2.75) is 6.61 Å². The van der Waals surface area contributed by atoms with Gasteiger partial charge in [0.05, 0.1) is 33.1 Å². The molecule has 0 saturated carbocycles. The molecule has 0 unspecified atom stereocenters. The lowest BCUT2D eigenvalue weighted by Gasteiger charge is -2.06. The van der Waals surface area contributed by atoms with E-state index in [1.807, 2.05) is 0 Å². The Labute approximate surface area is 114 Å². The molecule has 2 aromatic rings. The third kappa shape index (κ3) is 2.72. The molecule has 0 bridgehead atoms. The standard InChI is InChI=1S/C12H8Cl3NO/c13-9-3-1-7(5-11(9)15)12-10(14)4-2-8(6-17)16-12/h1-5,17H,6H2. The number of pyridine rings is 1. The van der Waals surface area contributed by atoms with Crippen LogP contribution >= 0.6 is 34.8 Å². The van der Waals surface area contributed by atoms with Gasteiger partial charge in [0.25, 0.3) is 0 Å². The number of aromatic nitrogens is 1. The van der Waals surface area contributed by atoms with Crippen LogP contribution < -0.4 is 0 Å². The third-order valence-electron chi connectivity index (χ3n) is 2.26. The molecule has 1 N–H and O–H groups in total. The van der Waals surface area contributed by atoms with Crippen LogP contribution in [0.25, 0.3) is 11.3 Å². The van der Waals surface area contributed by atoms with Gasteiger partial charge in [0.15, 0.2) is 0 Å². The van der Waals surface area contributed by atoms with E-state index >= 15 is 0 Å². The molecular formula is C12H8Cl3NO. The Morgan fingerprint density at radius 2 is 1.65 bits per heavy atom. The average molecular weight is 289 g/mol. The van der Waals surface area contributed by atoms with E-state index in [1.54, 1.807) is 30.3 Å². The maximum atomic E-state index is 9.05. The van der Waals surface area contributed by atoms with Crippen LogP contribution in [-0.4, -0.2) is 10.1 Å². The highest BCUT2D eigenvalue weighted by molar-refractivity contribution is 6.42. The second-order valence-electron chi connectivity index (χ2n) is 3.42. The third-order valence-corrected chi connectivity index (χ3v) is 3.30. The topological polar surface area (TPSA) is 33.1 Å². The van der Waals surface area contributed by atoms with Gasteiger partial charge in [-0.2, -0.15) is 0 Å². The first-order chi connectivity index (χ1) is 8.11. The molecule has 88 valence electrons. The summed E-state index contributed by atoms with van der Waals surface area (Å²) in [5.74, 6) is 0. The summed E-state index contributed by atoms with van der Waals surface area (Å²) in [7, 11) is 0. The summed E-state index contributed by atoms with van der Waals surface area (Å²) in [5, 5.41) is 10.5. The monoisotopic (exact) mass is 287 g/mol. The van der Waals surface area contributed by atoms with E-state index in [2.05, 4.69) is 4.98 Å². The first kappa shape index (κ1) is 12.7. The normalized spacial score (nSPS) is 10.6. The minimum atomic E-state index is -0.133. The largest absolute Gasteiger partial charge is 0.390 e. The van der Waals surface area contributed by atoms with Crippen molar-refractivity contribution in [3.63, 3.8) is 0 Å². The van der Waals surface area contributed by atoms with E-state index in [0.717, 1.165) is 5.56 Å². The highest BCUT2D eigenvalue weighted by atomic mass is 35.5. The van der Waals surface area contributed by atoms with Gasteiger partial charge < -0.3 is 5.11 Å². The lowest BCUT2D eigenvalue weighted by Crippen LogP contribution is -1.92. The lowest BCUT2D eigenvalue weighted by atomic mass is 10.1. The number of halogens is 3.